The Morgan fingerprint density at radius 3 is 2.86 bits per heavy atom. The van der Waals surface area contributed by atoms with Crippen LogP contribution in [0.5, 0.6) is 0 Å². The molecule has 1 aliphatic heterocycles. The van der Waals surface area contributed by atoms with Crippen LogP contribution in [0.2, 0.25) is 5.15 Å². The van der Waals surface area contributed by atoms with Gasteiger partial charge >= 0.3 is 0 Å². The van der Waals surface area contributed by atoms with E-state index in [0.29, 0.717) is 22.3 Å². The van der Waals surface area contributed by atoms with Gasteiger partial charge < -0.3 is 26.0 Å². The zero-order valence-electron chi connectivity index (χ0n) is 15.5. The van der Waals surface area contributed by atoms with Crippen molar-refractivity contribution in [3.8, 4) is 0 Å². The fourth-order valence-electron chi connectivity index (χ4n) is 3.57. The molecule has 0 amide bonds. The minimum Gasteiger partial charge on any atom is -0.394 e. The molecule has 1 fully saturated rings. The molecule has 10 heteroatoms. The predicted molar refractivity (Wildman–Crippen MR) is 106 cm³/mol. The Kier molecular flexibility index (Phi) is 5.41. The molecule has 5 N–H and O–H groups in total. The Balaban J connectivity index is 1.70. The Morgan fingerprint density at radius 2 is 2.17 bits per heavy atom. The highest BCUT2D eigenvalue weighted by Gasteiger charge is 2.43. The van der Waals surface area contributed by atoms with E-state index in [0.717, 1.165) is 0 Å². The van der Waals surface area contributed by atoms with Gasteiger partial charge in [-0.3, -0.25) is 0 Å². The molecule has 1 saturated heterocycles. The number of aliphatic hydroxyl groups excluding tert-OH is 2. The molecule has 0 saturated carbocycles. The van der Waals surface area contributed by atoms with Crippen LogP contribution in [-0.4, -0.2) is 49.8 Å². The molecule has 0 unspecified atom stereocenters. The van der Waals surface area contributed by atoms with Crippen LogP contribution in [0.4, 0.5) is 10.1 Å². The summed E-state index contributed by atoms with van der Waals surface area (Å²) < 4.78 is 21.2. The molecule has 0 aliphatic carbocycles. The van der Waals surface area contributed by atoms with E-state index in [2.05, 4.69) is 15.4 Å². The Morgan fingerprint density at radius 1 is 1.41 bits per heavy atom. The molecule has 2 aromatic heterocycles. The van der Waals surface area contributed by atoms with Gasteiger partial charge in [0, 0.05) is 5.56 Å². The lowest BCUT2D eigenvalue weighted by molar-refractivity contribution is -0.0476. The molecule has 3 aromatic rings. The monoisotopic (exact) mass is 421 g/mol. The highest BCUT2D eigenvalue weighted by atomic mass is 35.5. The van der Waals surface area contributed by atoms with Gasteiger partial charge in [-0.1, -0.05) is 29.8 Å². The quantitative estimate of drug-likeness (QED) is 0.465. The lowest BCUT2D eigenvalue weighted by atomic mass is 10.1. The molecule has 29 heavy (non-hydrogen) atoms. The minimum absolute atomic E-state index is 0.202. The van der Waals surface area contributed by atoms with E-state index < -0.39 is 24.5 Å². The minimum atomic E-state index is -1.04. The molecule has 0 radical (unpaired) electrons. The molecule has 1 aromatic carbocycles. The number of ether oxygens (including phenoxy) is 1. The Labute approximate surface area is 171 Å². The van der Waals surface area contributed by atoms with Crippen LogP contribution in [0.3, 0.4) is 0 Å². The summed E-state index contributed by atoms with van der Waals surface area (Å²) in [4.78, 5) is 4.32. The van der Waals surface area contributed by atoms with E-state index >= 15 is 0 Å². The lowest BCUT2D eigenvalue weighted by Gasteiger charge is -2.18. The van der Waals surface area contributed by atoms with Crippen LogP contribution in [0.25, 0.3) is 11.0 Å². The summed E-state index contributed by atoms with van der Waals surface area (Å²) in [6.45, 7) is 1.47. The van der Waals surface area contributed by atoms with Crippen molar-refractivity contribution in [2.75, 3.05) is 11.9 Å². The maximum absolute atomic E-state index is 14.1. The highest BCUT2D eigenvalue weighted by molar-refractivity contribution is 6.30. The first-order valence-electron chi connectivity index (χ1n) is 9.15. The van der Waals surface area contributed by atoms with Crippen LogP contribution >= 0.6 is 11.6 Å². The number of anilines is 1. The average molecular weight is 422 g/mol. The van der Waals surface area contributed by atoms with Crippen LogP contribution in [-0.2, 0) is 4.74 Å². The number of nitrogens with one attached hydrogen (secondary N) is 1. The van der Waals surface area contributed by atoms with E-state index in [1.165, 1.54) is 10.7 Å². The van der Waals surface area contributed by atoms with E-state index in [-0.39, 0.29) is 23.6 Å². The summed E-state index contributed by atoms with van der Waals surface area (Å²) in [5.74, 6) is -0.311. The van der Waals surface area contributed by atoms with Crippen LogP contribution < -0.4 is 11.1 Å². The second kappa shape index (κ2) is 7.85. The SMILES string of the molecule is C[C@H](Nc1cc(Cl)nc2c1cnn2[C@@H]1O[C@H](CO)[C@@H](O)[C@@H]1N)c1ccccc1F. The number of fused-ring (bicyclic) bond motifs is 1. The number of benzene rings is 1. The van der Waals surface area contributed by atoms with Gasteiger partial charge in [0.25, 0.3) is 0 Å². The number of nitrogens with zero attached hydrogens (tertiary/aromatic N) is 3. The van der Waals surface area contributed by atoms with Gasteiger partial charge in [0.2, 0.25) is 0 Å². The molecule has 3 heterocycles. The molecular formula is C19H21ClFN5O3. The van der Waals surface area contributed by atoms with Gasteiger partial charge in [-0.05, 0) is 19.1 Å². The van der Waals surface area contributed by atoms with Gasteiger partial charge in [0.05, 0.1) is 36.0 Å². The second-order valence-corrected chi connectivity index (χ2v) is 7.41. The van der Waals surface area contributed by atoms with Crippen molar-refractivity contribution >= 4 is 28.3 Å². The smallest absolute Gasteiger partial charge is 0.170 e. The van der Waals surface area contributed by atoms with Crippen molar-refractivity contribution in [2.24, 2.45) is 5.73 Å². The van der Waals surface area contributed by atoms with Crippen molar-refractivity contribution in [1.29, 1.82) is 0 Å². The van der Waals surface area contributed by atoms with Gasteiger partial charge in [-0.15, -0.1) is 0 Å². The Bertz CT molecular complexity index is 1030. The van der Waals surface area contributed by atoms with Crippen molar-refractivity contribution in [1.82, 2.24) is 14.8 Å². The largest absolute Gasteiger partial charge is 0.394 e. The topological polar surface area (TPSA) is 118 Å². The van der Waals surface area contributed by atoms with E-state index in [1.807, 2.05) is 6.92 Å². The summed E-state index contributed by atoms with van der Waals surface area (Å²) in [5.41, 5.74) is 7.58. The first-order chi connectivity index (χ1) is 13.9. The van der Waals surface area contributed by atoms with Gasteiger partial charge in [-0.25, -0.2) is 14.1 Å². The van der Waals surface area contributed by atoms with Crippen LogP contribution in [0, 0.1) is 5.82 Å². The van der Waals surface area contributed by atoms with Crippen LogP contribution in [0.1, 0.15) is 24.8 Å². The lowest BCUT2D eigenvalue weighted by Crippen LogP contribution is -2.40. The number of rotatable bonds is 5. The molecular weight excluding hydrogens is 401 g/mol. The first-order valence-corrected chi connectivity index (χ1v) is 9.53. The third-order valence-corrected chi connectivity index (χ3v) is 5.31. The van der Waals surface area contributed by atoms with Crippen LogP contribution in [0.15, 0.2) is 36.5 Å². The third-order valence-electron chi connectivity index (χ3n) is 5.12. The van der Waals surface area contributed by atoms with Gasteiger partial charge in [0.15, 0.2) is 11.9 Å². The predicted octanol–water partition coefficient (Wildman–Crippen LogP) is 1.97. The number of hydrogen-bond donors (Lipinski definition) is 4. The van der Waals surface area contributed by atoms with Crippen molar-refractivity contribution in [2.45, 2.75) is 37.4 Å². The number of aromatic nitrogens is 3. The van der Waals surface area contributed by atoms with Crippen molar-refractivity contribution in [3.05, 3.63) is 53.1 Å². The number of halogens is 2. The summed E-state index contributed by atoms with van der Waals surface area (Å²) in [6.07, 6.45) is -1.10. The van der Waals surface area contributed by atoms with Crippen molar-refractivity contribution < 1.29 is 19.3 Å². The second-order valence-electron chi connectivity index (χ2n) is 7.02. The zero-order chi connectivity index (χ0) is 20.7. The maximum Gasteiger partial charge on any atom is 0.170 e. The summed E-state index contributed by atoms with van der Waals surface area (Å²) in [5, 5.41) is 27.9. The molecule has 0 bridgehead atoms. The number of nitrogens with two attached hydrogens (primary N) is 1. The van der Waals surface area contributed by atoms with E-state index in [1.54, 1.807) is 30.5 Å². The first kappa shape index (κ1) is 20.0. The fourth-order valence-corrected chi connectivity index (χ4v) is 3.76. The number of aliphatic hydroxyl groups is 2. The number of hydrogen-bond acceptors (Lipinski definition) is 7. The average Bonchev–Trinajstić information content (AvgIpc) is 3.23. The molecule has 4 rings (SSSR count). The summed E-state index contributed by atoms with van der Waals surface area (Å²) in [6, 6.07) is 7.01. The summed E-state index contributed by atoms with van der Waals surface area (Å²) >= 11 is 6.21. The van der Waals surface area contributed by atoms with Gasteiger partial charge in [0.1, 0.15) is 23.2 Å². The molecule has 154 valence electrons. The standard InChI is InChI=1S/C19H21ClFN5O3/c1-9(10-4-2-3-5-12(10)21)24-13-6-15(20)25-18-11(13)7-23-26(18)19-16(22)17(28)14(8-27)29-19/h2-7,9,14,16-17,19,27-28H,8,22H2,1H3,(H,24,25)/t9-,14+,16-,17+,19+/m0/s1. The fraction of sp³-hybridized carbons (Fsp3) is 0.368. The van der Waals surface area contributed by atoms with E-state index in [4.69, 9.17) is 22.1 Å². The highest BCUT2D eigenvalue weighted by Crippen LogP contribution is 2.34. The number of pyridine rings is 1. The summed E-state index contributed by atoms with van der Waals surface area (Å²) in [7, 11) is 0. The van der Waals surface area contributed by atoms with Crippen molar-refractivity contribution in [3.63, 3.8) is 0 Å². The third kappa shape index (κ3) is 3.56. The molecule has 0 spiro atoms. The molecule has 8 nitrogen and oxygen atoms in total. The normalized spacial score (nSPS) is 25.4. The van der Waals surface area contributed by atoms with E-state index in [9.17, 15) is 14.6 Å². The zero-order valence-corrected chi connectivity index (χ0v) is 16.3. The Hall–Kier alpha value is -2.30. The molecule has 5 atom stereocenters. The molecule has 1 aliphatic rings. The maximum atomic E-state index is 14.1. The van der Waals surface area contributed by atoms with Gasteiger partial charge in [-0.2, -0.15) is 5.10 Å².